The molecule has 3 saturated heterocycles. The van der Waals surface area contributed by atoms with E-state index in [4.69, 9.17) is 9.72 Å². The summed E-state index contributed by atoms with van der Waals surface area (Å²) in [5.74, 6) is 1.38. The van der Waals surface area contributed by atoms with Crippen LogP contribution in [0.5, 0.6) is 5.75 Å². The molecule has 5 aromatic rings. The van der Waals surface area contributed by atoms with Gasteiger partial charge in [0.15, 0.2) is 9.84 Å². The molecule has 2 aliphatic carbocycles. The molecule has 1 unspecified atom stereocenters. The summed E-state index contributed by atoms with van der Waals surface area (Å²) in [5.41, 5.74) is 4.93. The normalized spacial score (nSPS) is 21.4. The molecule has 18 heteroatoms. The maximum absolute atomic E-state index is 14.0. The first-order chi connectivity index (χ1) is 33.8. The fourth-order valence-electron chi connectivity index (χ4n) is 11.8. The van der Waals surface area contributed by atoms with E-state index in [0.29, 0.717) is 48.0 Å². The largest absolute Gasteiger partial charge is 0.497 e. The number of rotatable bonds is 13. The lowest BCUT2D eigenvalue weighted by molar-refractivity contribution is -0.151. The second-order valence-electron chi connectivity index (χ2n) is 20.2. The van der Waals surface area contributed by atoms with Gasteiger partial charge in [-0.2, -0.15) is 4.98 Å². The van der Waals surface area contributed by atoms with E-state index in [9.17, 15) is 27.6 Å². The molecule has 6 heterocycles. The van der Waals surface area contributed by atoms with E-state index in [0.717, 1.165) is 117 Å². The van der Waals surface area contributed by atoms with Crippen molar-refractivity contribution in [2.45, 2.75) is 105 Å². The fraction of sp³-hybridized carbons (Fsp3) is 0.500. The third-order valence-corrected chi connectivity index (χ3v) is 18.4. The van der Waals surface area contributed by atoms with Crippen molar-refractivity contribution in [1.29, 1.82) is 0 Å². The Morgan fingerprint density at radius 2 is 1.56 bits per heavy atom. The molecule has 4 aliphatic heterocycles. The number of likely N-dealkylation sites (tertiary alicyclic amines) is 2. The third-order valence-electron chi connectivity index (χ3n) is 16.1. The standard InChI is InChI=1S/C52H62N10O7S/c1-34-31-39(15-16-41(34)54-50-53-32-40-47(55-50)61(36-7-4-5-8-36)49(65)52(40)21-22-52)70(67,68)38-19-23-57(24-20-38)25-26-58-27-29-59(30-28-58)42-9-6-10-43-46(42)56(2)51(66)62(43)44-17-18-45(63)60(48(44)64)33-35-11-13-37(69-3)14-12-35/h6,9-16,31-32,36,38,44H,4-5,7-8,17-30,33H2,1-3H3,(H,53,54,55). The summed E-state index contributed by atoms with van der Waals surface area (Å²) in [5, 5.41) is 2.87. The number of sulfone groups is 1. The Bertz CT molecular complexity index is 3040. The molecule has 3 amide bonds. The molecule has 1 atom stereocenters. The number of fused-ring (bicyclic) bond motifs is 3. The Hall–Kier alpha value is -6.11. The summed E-state index contributed by atoms with van der Waals surface area (Å²) in [6.07, 6.45) is 9.32. The van der Waals surface area contributed by atoms with Gasteiger partial charge in [0.2, 0.25) is 17.8 Å². The van der Waals surface area contributed by atoms with Crippen LogP contribution in [0.15, 0.2) is 76.6 Å². The first-order valence-corrected chi connectivity index (χ1v) is 26.6. The highest BCUT2D eigenvalue weighted by Gasteiger charge is 2.61. The van der Waals surface area contributed by atoms with Gasteiger partial charge in [-0.3, -0.25) is 38.2 Å². The average Bonchev–Trinajstić information content (AvgIpc) is 3.83. The van der Waals surface area contributed by atoms with E-state index in [1.165, 1.54) is 4.90 Å². The minimum absolute atomic E-state index is 0.127. The van der Waals surface area contributed by atoms with E-state index in [-0.39, 0.29) is 48.8 Å². The molecule has 2 aromatic heterocycles. The zero-order chi connectivity index (χ0) is 48.5. The Kier molecular flexibility index (Phi) is 12.1. The lowest BCUT2D eigenvalue weighted by Crippen LogP contribution is -2.49. The number of piperazine rings is 1. The van der Waals surface area contributed by atoms with Crippen molar-refractivity contribution in [3.8, 4) is 5.75 Å². The first-order valence-electron chi connectivity index (χ1n) is 25.0. The second-order valence-corrected chi connectivity index (χ2v) is 22.4. The number of hydrogen-bond acceptors (Lipinski definition) is 13. The van der Waals surface area contributed by atoms with Crippen LogP contribution in [-0.4, -0.2) is 131 Å². The number of benzene rings is 3. The van der Waals surface area contributed by atoms with Gasteiger partial charge in [-0.1, -0.05) is 31.0 Å². The third kappa shape index (κ3) is 8.14. The Morgan fingerprint density at radius 3 is 2.24 bits per heavy atom. The Labute approximate surface area is 408 Å². The number of aromatic nitrogens is 4. The number of hydrogen-bond donors (Lipinski definition) is 1. The molecule has 11 rings (SSSR count). The molecule has 17 nitrogen and oxygen atoms in total. The number of aryl methyl sites for hydroxylation is 2. The highest BCUT2D eigenvalue weighted by Crippen LogP contribution is 2.58. The zero-order valence-electron chi connectivity index (χ0n) is 40.3. The number of anilines is 4. The van der Waals surface area contributed by atoms with Gasteiger partial charge in [0.05, 0.1) is 45.9 Å². The van der Waals surface area contributed by atoms with Crippen LogP contribution in [0.25, 0.3) is 11.0 Å². The maximum atomic E-state index is 14.0. The topological polar surface area (TPSA) is 176 Å². The fourth-order valence-corrected chi connectivity index (χ4v) is 13.6. The van der Waals surface area contributed by atoms with E-state index < -0.39 is 26.5 Å². The number of nitrogens with zero attached hydrogens (tertiary/aromatic N) is 9. The van der Waals surface area contributed by atoms with E-state index in [1.54, 1.807) is 53.6 Å². The molecule has 1 spiro atoms. The molecule has 5 fully saturated rings. The van der Waals surface area contributed by atoms with Crippen molar-refractivity contribution in [1.82, 2.24) is 33.8 Å². The summed E-state index contributed by atoms with van der Waals surface area (Å²) < 4.78 is 36.5. The molecule has 1 N–H and O–H groups in total. The van der Waals surface area contributed by atoms with Gasteiger partial charge in [0, 0.05) is 76.2 Å². The molecular weight excluding hydrogens is 909 g/mol. The zero-order valence-corrected chi connectivity index (χ0v) is 41.1. The number of nitrogens with one attached hydrogen (secondary N) is 1. The molecule has 0 bridgehead atoms. The molecule has 0 radical (unpaired) electrons. The van der Waals surface area contributed by atoms with Crippen LogP contribution in [-0.2, 0) is 43.2 Å². The number of amides is 3. The lowest BCUT2D eigenvalue weighted by Gasteiger charge is -2.38. The van der Waals surface area contributed by atoms with E-state index in [2.05, 4.69) is 25.0 Å². The second kappa shape index (κ2) is 18.2. The van der Waals surface area contributed by atoms with Gasteiger partial charge in [-0.05, 0) is 119 Å². The van der Waals surface area contributed by atoms with Crippen LogP contribution in [0.1, 0.15) is 86.9 Å². The average molecular weight is 971 g/mol. The number of imide groups is 1. The highest BCUT2D eigenvalue weighted by molar-refractivity contribution is 7.92. The number of carbonyl (C=O) groups excluding carboxylic acids is 3. The number of methoxy groups -OCH3 is 1. The van der Waals surface area contributed by atoms with Crippen LogP contribution < -0.4 is 25.5 Å². The van der Waals surface area contributed by atoms with Gasteiger partial charge in [0.1, 0.15) is 17.6 Å². The van der Waals surface area contributed by atoms with E-state index >= 15 is 0 Å². The predicted octanol–water partition coefficient (Wildman–Crippen LogP) is 5.46. The SMILES string of the molecule is COc1ccc(CN2C(=O)CCC(n3c(=O)n(C)c4c(N5CCN(CCN6CCC(S(=O)(=O)c7ccc(Nc8ncc9c(n8)N(C8CCCC8)C(=O)C98CC8)c(C)c7)CC6)CC5)cccc43)C2=O)cc1. The van der Waals surface area contributed by atoms with Crippen molar-refractivity contribution >= 4 is 61.7 Å². The van der Waals surface area contributed by atoms with Gasteiger partial charge in [-0.15, -0.1) is 0 Å². The van der Waals surface area contributed by atoms with E-state index in [1.807, 2.05) is 48.4 Å². The van der Waals surface area contributed by atoms with Crippen LogP contribution >= 0.6 is 0 Å². The molecular formula is C52H62N10O7S. The quantitative estimate of drug-likeness (QED) is 0.148. The van der Waals surface area contributed by atoms with Crippen molar-refractivity contribution < 1.29 is 27.5 Å². The van der Waals surface area contributed by atoms with Crippen LogP contribution in [0.3, 0.4) is 0 Å². The molecule has 2 saturated carbocycles. The molecule has 70 heavy (non-hydrogen) atoms. The molecule has 3 aromatic carbocycles. The highest BCUT2D eigenvalue weighted by atomic mass is 32.2. The smallest absolute Gasteiger partial charge is 0.329 e. The lowest BCUT2D eigenvalue weighted by atomic mass is 10.0. The Balaban J connectivity index is 0.680. The minimum atomic E-state index is -3.55. The summed E-state index contributed by atoms with van der Waals surface area (Å²) in [7, 11) is -0.218. The first kappa shape index (κ1) is 46.3. The predicted molar refractivity (Wildman–Crippen MR) is 266 cm³/mol. The van der Waals surface area contributed by atoms with Crippen LogP contribution in [0.2, 0.25) is 0 Å². The van der Waals surface area contributed by atoms with Gasteiger partial charge >= 0.3 is 5.69 Å². The van der Waals surface area contributed by atoms with Crippen LogP contribution in [0.4, 0.5) is 23.1 Å². The minimum Gasteiger partial charge on any atom is -0.497 e. The summed E-state index contributed by atoms with van der Waals surface area (Å²) >= 11 is 0. The number of para-hydroxylation sites is 1. The number of imidazole rings is 1. The van der Waals surface area contributed by atoms with Crippen molar-refractivity contribution in [3.05, 3.63) is 94.0 Å². The summed E-state index contributed by atoms with van der Waals surface area (Å²) in [4.78, 5) is 74.8. The number of carbonyl (C=O) groups is 3. The van der Waals surface area contributed by atoms with Gasteiger partial charge < -0.3 is 19.9 Å². The Morgan fingerprint density at radius 1 is 0.843 bits per heavy atom. The molecule has 368 valence electrons. The van der Waals surface area contributed by atoms with Gasteiger partial charge in [0.25, 0.3) is 5.91 Å². The summed E-state index contributed by atoms with van der Waals surface area (Å²) in [6.45, 7) is 8.37. The number of ether oxygens (including phenoxy) is 1. The van der Waals surface area contributed by atoms with Crippen LogP contribution in [0, 0.1) is 6.92 Å². The van der Waals surface area contributed by atoms with Crippen molar-refractivity contribution in [2.24, 2.45) is 7.05 Å². The van der Waals surface area contributed by atoms with Gasteiger partial charge in [-0.25, -0.2) is 18.2 Å². The monoisotopic (exact) mass is 970 g/mol. The molecule has 6 aliphatic rings. The van der Waals surface area contributed by atoms with Crippen molar-refractivity contribution in [3.63, 3.8) is 0 Å². The van der Waals surface area contributed by atoms with Crippen molar-refractivity contribution in [2.75, 3.05) is 74.6 Å². The maximum Gasteiger partial charge on any atom is 0.329 e. The summed E-state index contributed by atoms with van der Waals surface area (Å²) in [6, 6.07) is 17.8. The number of piperidine rings is 2.